The van der Waals surface area contributed by atoms with Crippen molar-refractivity contribution in [1.29, 1.82) is 0 Å². The van der Waals surface area contributed by atoms with E-state index in [0.717, 1.165) is 11.3 Å². The average molecular weight is 395 g/mol. The summed E-state index contributed by atoms with van der Waals surface area (Å²) < 4.78 is 14.8. The smallest absolute Gasteiger partial charge is 0.242 e. The second-order valence-electron chi connectivity index (χ2n) is 6.70. The lowest BCUT2D eigenvalue weighted by Gasteiger charge is -2.25. The van der Waals surface area contributed by atoms with Crippen molar-refractivity contribution in [1.82, 2.24) is 25.0 Å². The van der Waals surface area contributed by atoms with E-state index in [9.17, 15) is 14.0 Å². The molecule has 0 saturated carbocycles. The van der Waals surface area contributed by atoms with Crippen molar-refractivity contribution in [3.05, 3.63) is 78.1 Å². The van der Waals surface area contributed by atoms with Gasteiger partial charge in [-0.15, -0.1) is 0 Å². The number of halogens is 1. The molecule has 2 amide bonds. The Balaban J connectivity index is 1.53. The van der Waals surface area contributed by atoms with Crippen LogP contribution in [0.4, 0.5) is 4.39 Å². The van der Waals surface area contributed by atoms with Crippen LogP contribution in [0.15, 0.2) is 61.2 Å². The maximum atomic E-state index is 13.2. The van der Waals surface area contributed by atoms with Gasteiger partial charge in [-0.2, -0.15) is 5.10 Å². The van der Waals surface area contributed by atoms with Crippen LogP contribution >= 0.6 is 0 Å². The summed E-state index contributed by atoms with van der Waals surface area (Å²) in [5.74, 6) is -0.942. The molecule has 1 aromatic heterocycles. The van der Waals surface area contributed by atoms with Gasteiger partial charge >= 0.3 is 0 Å². The summed E-state index contributed by atoms with van der Waals surface area (Å²) in [5.41, 5.74) is 2.39. The van der Waals surface area contributed by atoms with Crippen molar-refractivity contribution >= 4 is 11.8 Å². The first-order chi connectivity index (χ1) is 13.9. The van der Waals surface area contributed by atoms with E-state index < -0.39 is 5.82 Å². The fourth-order valence-corrected chi connectivity index (χ4v) is 2.88. The van der Waals surface area contributed by atoms with Gasteiger partial charge in [-0.1, -0.05) is 24.3 Å². The summed E-state index contributed by atoms with van der Waals surface area (Å²) in [6.45, 7) is 1.79. The Kier molecular flexibility index (Phi) is 6.33. The first kappa shape index (κ1) is 20.2. The van der Waals surface area contributed by atoms with E-state index in [1.54, 1.807) is 35.1 Å². The van der Waals surface area contributed by atoms with Crippen LogP contribution in [-0.4, -0.2) is 45.1 Å². The highest BCUT2D eigenvalue weighted by molar-refractivity contribution is 5.85. The van der Waals surface area contributed by atoms with E-state index in [2.05, 4.69) is 15.4 Å². The predicted octanol–water partition coefficient (Wildman–Crippen LogP) is 2.28. The molecule has 150 valence electrons. The number of rotatable bonds is 7. The zero-order chi connectivity index (χ0) is 20.8. The van der Waals surface area contributed by atoms with Gasteiger partial charge in [0.25, 0.3) is 0 Å². The second-order valence-corrected chi connectivity index (χ2v) is 6.70. The molecule has 0 bridgehead atoms. The van der Waals surface area contributed by atoms with E-state index in [0.29, 0.717) is 5.56 Å². The van der Waals surface area contributed by atoms with Crippen LogP contribution < -0.4 is 5.32 Å². The van der Waals surface area contributed by atoms with Crippen molar-refractivity contribution in [2.75, 3.05) is 13.6 Å². The number of hydrogen-bond acceptors (Lipinski definition) is 4. The van der Waals surface area contributed by atoms with Gasteiger partial charge < -0.3 is 10.2 Å². The summed E-state index contributed by atoms with van der Waals surface area (Å²) in [7, 11) is 1.69. The van der Waals surface area contributed by atoms with Crippen LogP contribution in [0.2, 0.25) is 0 Å². The molecule has 0 spiro atoms. The van der Waals surface area contributed by atoms with Crippen LogP contribution in [0.25, 0.3) is 5.69 Å². The molecule has 8 heteroatoms. The van der Waals surface area contributed by atoms with E-state index in [1.807, 2.05) is 31.2 Å². The highest BCUT2D eigenvalue weighted by atomic mass is 19.1. The minimum atomic E-state index is -0.394. The number of carbonyl (C=O) groups excluding carboxylic acids is 2. The topological polar surface area (TPSA) is 80.1 Å². The molecule has 1 heterocycles. The summed E-state index contributed by atoms with van der Waals surface area (Å²) in [6, 6.07) is 13.3. The molecular formula is C21H22FN5O2. The molecule has 1 atom stereocenters. The highest BCUT2D eigenvalue weighted by Gasteiger charge is 2.18. The van der Waals surface area contributed by atoms with Crippen LogP contribution in [0.5, 0.6) is 0 Å². The van der Waals surface area contributed by atoms with Crippen LogP contribution in [-0.2, 0) is 16.0 Å². The summed E-state index contributed by atoms with van der Waals surface area (Å²) in [5, 5.41) is 6.67. The Hall–Kier alpha value is -3.55. The Bertz CT molecular complexity index is 973. The lowest BCUT2D eigenvalue weighted by atomic mass is 10.1. The Morgan fingerprint density at radius 2 is 1.97 bits per heavy atom. The number of likely N-dealkylation sites (N-methyl/N-ethyl adjacent to an activating group) is 1. The number of amides is 2. The van der Waals surface area contributed by atoms with Gasteiger partial charge in [0.2, 0.25) is 11.8 Å². The number of aromatic nitrogens is 3. The Morgan fingerprint density at radius 1 is 1.21 bits per heavy atom. The van der Waals surface area contributed by atoms with E-state index in [1.165, 1.54) is 18.5 Å². The molecule has 0 saturated heterocycles. The third kappa shape index (κ3) is 5.25. The molecule has 0 radical (unpaired) electrons. The minimum absolute atomic E-state index is 0.0219. The van der Waals surface area contributed by atoms with Gasteiger partial charge in [0.1, 0.15) is 18.5 Å². The first-order valence-electron chi connectivity index (χ1n) is 9.16. The minimum Gasteiger partial charge on any atom is -0.347 e. The standard InChI is InChI=1S/C21H22FN5O2/c1-15(17-6-8-19(9-7-17)27-14-23-13-25-27)26(2)21(29)12-24-20(28)11-16-4-3-5-18(22)10-16/h3-10,13-15H,11-12H2,1-2H3,(H,24,28). The molecule has 3 aromatic rings. The molecule has 0 aliphatic carbocycles. The van der Waals surface area contributed by atoms with Crippen LogP contribution in [0, 0.1) is 5.82 Å². The van der Waals surface area contributed by atoms with Crippen molar-refractivity contribution in [2.45, 2.75) is 19.4 Å². The Morgan fingerprint density at radius 3 is 2.62 bits per heavy atom. The fraction of sp³-hybridized carbons (Fsp3) is 0.238. The van der Waals surface area contributed by atoms with Crippen molar-refractivity contribution < 1.29 is 14.0 Å². The highest BCUT2D eigenvalue weighted by Crippen LogP contribution is 2.20. The number of nitrogens with one attached hydrogen (secondary N) is 1. The average Bonchev–Trinajstić information content (AvgIpc) is 3.26. The molecule has 0 fully saturated rings. The maximum absolute atomic E-state index is 13.2. The number of benzene rings is 2. The normalized spacial score (nSPS) is 11.7. The van der Waals surface area contributed by atoms with Crippen molar-refractivity contribution in [3.63, 3.8) is 0 Å². The summed E-state index contributed by atoms with van der Waals surface area (Å²) >= 11 is 0. The summed E-state index contributed by atoms with van der Waals surface area (Å²) in [6.07, 6.45) is 3.10. The van der Waals surface area contributed by atoms with Crippen molar-refractivity contribution in [2.24, 2.45) is 0 Å². The van der Waals surface area contributed by atoms with Gasteiger partial charge in [-0.3, -0.25) is 9.59 Å². The zero-order valence-electron chi connectivity index (χ0n) is 16.2. The third-order valence-electron chi connectivity index (χ3n) is 4.72. The van der Waals surface area contributed by atoms with E-state index >= 15 is 0 Å². The maximum Gasteiger partial charge on any atom is 0.242 e. The second kappa shape index (κ2) is 9.09. The lowest BCUT2D eigenvalue weighted by molar-refractivity contribution is -0.133. The fourth-order valence-electron chi connectivity index (χ4n) is 2.88. The van der Waals surface area contributed by atoms with Crippen LogP contribution in [0.3, 0.4) is 0 Å². The van der Waals surface area contributed by atoms with Crippen LogP contribution in [0.1, 0.15) is 24.1 Å². The monoisotopic (exact) mass is 395 g/mol. The van der Waals surface area contributed by atoms with Gasteiger partial charge in [0.15, 0.2) is 0 Å². The molecule has 0 aliphatic heterocycles. The molecule has 3 rings (SSSR count). The lowest BCUT2D eigenvalue weighted by Crippen LogP contribution is -2.39. The number of hydrogen-bond donors (Lipinski definition) is 1. The summed E-state index contributed by atoms with van der Waals surface area (Å²) in [4.78, 5) is 30.0. The van der Waals surface area contributed by atoms with Gasteiger partial charge in [0, 0.05) is 7.05 Å². The molecule has 1 N–H and O–H groups in total. The molecule has 0 aliphatic rings. The molecular weight excluding hydrogens is 373 g/mol. The SMILES string of the molecule is CC(c1ccc(-n2cncn2)cc1)N(C)C(=O)CNC(=O)Cc1cccc(F)c1. The van der Waals surface area contributed by atoms with Gasteiger partial charge in [0.05, 0.1) is 24.7 Å². The predicted molar refractivity (Wildman–Crippen MR) is 106 cm³/mol. The van der Waals surface area contributed by atoms with Gasteiger partial charge in [-0.05, 0) is 42.3 Å². The molecule has 1 unspecified atom stereocenters. The van der Waals surface area contributed by atoms with E-state index in [4.69, 9.17) is 0 Å². The zero-order valence-corrected chi connectivity index (χ0v) is 16.2. The molecule has 2 aromatic carbocycles. The van der Waals surface area contributed by atoms with E-state index in [-0.39, 0.29) is 30.8 Å². The quantitative estimate of drug-likeness (QED) is 0.666. The molecule has 29 heavy (non-hydrogen) atoms. The molecule has 7 nitrogen and oxygen atoms in total. The first-order valence-corrected chi connectivity index (χ1v) is 9.16. The Labute approximate surface area is 168 Å². The largest absolute Gasteiger partial charge is 0.347 e. The van der Waals surface area contributed by atoms with Crippen molar-refractivity contribution in [3.8, 4) is 5.69 Å². The number of nitrogens with zero attached hydrogens (tertiary/aromatic N) is 4. The number of carbonyl (C=O) groups is 2. The third-order valence-corrected chi connectivity index (χ3v) is 4.72. The van der Waals surface area contributed by atoms with Gasteiger partial charge in [-0.25, -0.2) is 14.1 Å².